The number of para-hydroxylation sites is 1. The Kier molecular flexibility index (Phi) is 5.63. The minimum absolute atomic E-state index is 0.276. The van der Waals surface area contributed by atoms with Crippen LogP contribution in [0.25, 0.3) is 0 Å². The van der Waals surface area contributed by atoms with Crippen molar-refractivity contribution in [2.45, 2.75) is 19.4 Å². The summed E-state index contributed by atoms with van der Waals surface area (Å²) in [5.74, 6) is -0.415. The Morgan fingerprint density at radius 2 is 2.16 bits per heavy atom. The Balaban J connectivity index is 2.76. The molecule has 19 heavy (non-hydrogen) atoms. The number of nitrogen functional groups attached to an aromatic ring is 1. The van der Waals surface area contributed by atoms with Crippen LogP contribution in [0.15, 0.2) is 18.2 Å². The van der Waals surface area contributed by atoms with E-state index in [1.807, 2.05) is 20.2 Å². The number of esters is 1. The molecule has 0 saturated heterocycles. The number of anilines is 2. The summed E-state index contributed by atoms with van der Waals surface area (Å²) in [7, 11) is 5.43. The molecule has 0 aliphatic rings. The smallest absolute Gasteiger partial charge is 0.340 e. The number of nitrogens with two attached hydrogens (primary N) is 1. The molecule has 1 unspecified atom stereocenters. The third-order valence-corrected chi connectivity index (χ3v) is 2.92. The lowest BCUT2D eigenvalue weighted by Crippen LogP contribution is -2.23. The number of hydrogen-bond acceptors (Lipinski definition) is 5. The van der Waals surface area contributed by atoms with Gasteiger partial charge in [-0.25, -0.2) is 4.79 Å². The average Bonchev–Trinajstić information content (AvgIpc) is 2.38. The fraction of sp³-hybridized carbons (Fsp3) is 0.500. The molecule has 0 heterocycles. The van der Waals surface area contributed by atoms with E-state index in [-0.39, 0.29) is 6.04 Å². The topological polar surface area (TPSA) is 67.6 Å². The molecule has 5 nitrogen and oxygen atoms in total. The van der Waals surface area contributed by atoms with Crippen molar-refractivity contribution in [2.75, 3.05) is 38.8 Å². The summed E-state index contributed by atoms with van der Waals surface area (Å²) in [5.41, 5.74) is 7.59. The highest BCUT2D eigenvalue weighted by atomic mass is 16.5. The second-order valence-electron chi connectivity index (χ2n) is 4.90. The van der Waals surface area contributed by atoms with Crippen LogP contribution in [0.5, 0.6) is 0 Å². The molecule has 0 bridgehead atoms. The van der Waals surface area contributed by atoms with E-state index < -0.39 is 5.97 Å². The van der Waals surface area contributed by atoms with Crippen LogP contribution < -0.4 is 11.1 Å². The molecule has 0 aliphatic carbocycles. The largest absolute Gasteiger partial charge is 0.465 e. The second-order valence-corrected chi connectivity index (χ2v) is 4.90. The van der Waals surface area contributed by atoms with Crippen molar-refractivity contribution in [1.29, 1.82) is 0 Å². The maximum atomic E-state index is 11.6. The molecule has 0 radical (unpaired) electrons. The first-order valence-electron chi connectivity index (χ1n) is 6.33. The molecule has 0 spiro atoms. The van der Waals surface area contributed by atoms with Gasteiger partial charge in [-0.15, -0.1) is 0 Å². The van der Waals surface area contributed by atoms with Gasteiger partial charge in [0.15, 0.2) is 0 Å². The average molecular weight is 265 g/mol. The third-order valence-electron chi connectivity index (χ3n) is 2.92. The summed E-state index contributed by atoms with van der Waals surface area (Å²) in [5, 5.41) is 3.33. The van der Waals surface area contributed by atoms with Gasteiger partial charge in [0.05, 0.1) is 24.0 Å². The van der Waals surface area contributed by atoms with Crippen molar-refractivity contribution < 1.29 is 9.53 Å². The number of carbonyl (C=O) groups is 1. The van der Waals surface area contributed by atoms with Crippen LogP contribution in [0, 0.1) is 0 Å². The van der Waals surface area contributed by atoms with Crippen LogP contribution in [0.1, 0.15) is 23.7 Å². The number of ether oxygens (including phenoxy) is 1. The zero-order chi connectivity index (χ0) is 14.4. The normalized spacial score (nSPS) is 12.3. The number of nitrogens with one attached hydrogen (secondary N) is 1. The Bertz CT molecular complexity index is 433. The van der Waals surface area contributed by atoms with Gasteiger partial charge in [0.25, 0.3) is 0 Å². The molecular weight excluding hydrogens is 242 g/mol. The Hall–Kier alpha value is -1.75. The summed E-state index contributed by atoms with van der Waals surface area (Å²) in [6, 6.07) is 5.60. The SMILES string of the molecule is COC(=O)c1cccc(NC(C)CCN(C)C)c1N. The molecule has 0 saturated carbocycles. The van der Waals surface area contributed by atoms with Gasteiger partial charge in [0.2, 0.25) is 0 Å². The fourth-order valence-electron chi connectivity index (χ4n) is 1.77. The van der Waals surface area contributed by atoms with E-state index in [0.29, 0.717) is 11.3 Å². The Morgan fingerprint density at radius 3 is 2.74 bits per heavy atom. The summed E-state index contributed by atoms with van der Waals surface area (Å²) in [6.45, 7) is 3.08. The minimum atomic E-state index is -0.415. The molecule has 1 atom stereocenters. The summed E-state index contributed by atoms with van der Waals surface area (Å²) >= 11 is 0. The van der Waals surface area contributed by atoms with E-state index in [4.69, 9.17) is 10.5 Å². The monoisotopic (exact) mass is 265 g/mol. The van der Waals surface area contributed by atoms with Crippen LogP contribution in [0.4, 0.5) is 11.4 Å². The standard InChI is InChI=1S/C14H23N3O2/c1-10(8-9-17(2)3)16-12-7-5-6-11(13(12)15)14(18)19-4/h5-7,10,16H,8-9,15H2,1-4H3. The third kappa shape index (κ3) is 4.44. The first kappa shape index (κ1) is 15.3. The maximum Gasteiger partial charge on any atom is 0.340 e. The highest BCUT2D eigenvalue weighted by Crippen LogP contribution is 2.24. The maximum absolute atomic E-state index is 11.6. The highest BCUT2D eigenvalue weighted by molar-refractivity contribution is 5.98. The van der Waals surface area contributed by atoms with Gasteiger partial charge in [0, 0.05) is 6.04 Å². The molecule has 1 aromatic rings. The molecule has 0 aromatic heterocycles. The lowest BCUT2D eigenvalue weighted by molar-refractivity contribution is 0.0602. The van der Waals surface area contributed by atoms with Crippen molar-refractivity contribution in [3.05, 3.63) is 23.8 Å². The van der Waals surface area contributed by atoms with E-state index in [1.165, 1.54) is 7.11 Å². The van der Waals surface area contributed by atoms with Crippen LogP contribution in [0.2, 0.25) is 0 Å². The molecule has 5 heteroatoms. The van der Waals surface area contributed by atoms with Gasteiger partial charge in [-0.3, -0.25) is 0 Å². The lowest BCUT2D eigenvalue weighted by atomic mass is 10.1. The van der Waals surface area contributed by atoms with E-state index >= 15 is 0 Å². The molecular formula is C14H23N3O2. The van der Waals surface area contributed by atoms with Gasteiger partial charge in [-0.05, 0) is 46.1 Å². The van der Waals surface area contributed by atoms with Crippen molar-refractivity contribution >= 4 is 17.3 Å². The van der Waals surface area contributed by atoms with Crippen molar-refractivity contribution in [2.24, 2.45) is 0 Å². The van der Waals surface area contributed by atoms with Crippen molar-refractivity contribution in [3.63, 3.8) is 0 Å². The van der Waals surface area contributed by atoms with E-state index in [9.17, 15) is 4.79 Å². The predicted octanol–water partition coefficient (Wildman–Crippen LogP) is 1.81. The summed E-state index contributed by atoms with van der Waals surface area (Å²) in [6.07, 6.45) is 0.995. The lowest BCUT2D eigenvalue weighted by Gasteiger charge is -2.19. The van der Waals surface area contributed by atoms with E-state index in [0.717, 1.165) is 18.7 Å². The van der Waals surface area contributed by atoms with Crippen molar-refractivity contribution in [3.8, 4) is 0 Å². The van der Waals surface area contributed by atoms with Crippen LogP contribution >= 0.6 is 0 Å². The molecule has 0 amide bonds. The van der Waals surface area contributed by atoms with E-state index in [1.54, 1.807) is 12.1 Å². The summed E-state index contributed by atoms with van der Waals surface area (Å²) < 4.78 is 4.70. The number of hydrogen-bond donors (Lipinski definition) is 2. The van der Waals surface area contributed by atoms with Gasteiger partial charge < -0.3 is 20.7 Å². The molecule has 0 fully saturated rings. The Morgan fingerprint density at radius 1 is 1.47 bits per heavy atom. The molecule has 1 aromatic carbocycles. The zero-order valence-electron chi connectivity index (χ0n) is 12.1. The predicted molar refractivity (Wildman–Crippen MR) is 78.4 cm³/mol. The first-order valence-corrected chi connectivity index (χ1v) is 6.33. The van der Waals surface area contributed by atoms with Gasteiger partial charge in [-0.1, -0.05) is 6.07 Å². The molecule has 106 valence electrons. The minimum Gasteiger partial charge on any atom is -0.465 e. The highest BCUT2D eigenvalue weighted by Gasteiger charge is 2.13. The van der Waals surface area contributed by atoms with E-state index in [2.05, 4.69) is 17.1 Å². The summed E-state index contributed by atoms with van der Waals surface area (Å²) in [4.78, 5) is 13.7. The second kappa shape index (κ2) is 6.99. The van der Waals surface area contributed by atoms with Crippen LogP contribution in [0.3, 0.4) is 0 Å². The number of methoxy groups -OCH3 is 1. The number of nitrogens with zero attached hydrogens (tertiary/aromatic N) is 1. The number of rotatable bonds is 6. The molecule has 1 rings (SSSR count). The first-order chi connectivity index (χ1) is 8.95. The van der Waals surface area contributed by atoms with Gasteiger partial charge >= 0.3 is 5.97 Å². The van der Waals surface area contributed by atoms with Gasteiger partial charge in [-0.2, -0.15) is 0 Å². The fourth-order valence-corrected chi connectivity index (χ4v) is 1.77. The molecule has 0 aliphatic heterocycles. The Labute approximate surface area is 114 Å². The van der Waals surface area contributed by atoms with Crippen LogP contribution in [-0.4, -0.2) is 44.7 Å². The quantitative estimate of drug-likeness (QED) is 0.606. The van der Waals surface area contributed by atoms with Crippen molar-refractivity contribution in [1.82, 2.24) is 4.90 Å². The van der Waals surface area contributed by atoms with Crippen LogP contribution in [-0.2, 0) is 4.74 Å². The molecule has 3 N–H and O–H groups in total. The number of carbonyl (C=O) groups excluding carboxylic acids is 1. The number of benzene rings is 1. The zero-order valence-corrected chi connectivity index (χ0v) is 12.1. The van der Waals surface area contributed by atoms with Gasteiger partial charge in [0.1, 0.15) is 0 Å².